The van der Waals surface area contributed by atoms with E-state index in [1.165, 1.54) is 6.08 Å². The number of nitrogens with zero attached hydrogens (tertiary/aromatic N) is 1. The van der Waals surface area contributed by atoms with Crippen molar-refractivity contribution in [1.29, 1.82) is 0 Å². The first-order valence-corrected chi connectivity index (χ1v) is 6.00. The molecule has 98 valence electrons. The molecule has 0 fully saturated rings. The molecule has 0 spiro atoms. The minimum atomic E-state index is -0.247. The van der Waals surface area contributed by atoms with Crippen molar-refractivity contribution in [3.63, 3.8) is 0 Å². The third-order valence-electron chi connectivity index (χ3n) is 2.89. The van der Waals surface area contributed by atoms with Crippen LogP contribution in [0.4, 0.5) is 5.69 Å². The lowest BCUT2D eigenvalue weighted by Crippen LogP contribution is -2.31. The minimum absolute atomic E-state index is 0.0638. The van der Waals surface area contributed by atoms with Crippen molar-refractivity contribution in [3.05, 3.63) is 42.5 Å². The van der Waals surface area contributed by atoms with Gasteiger partial charge in [-0.15, -0.1) is 0 Å². The van der Waals surface area contributed by atoms with Crippen LogP contribution < -0.4 is 10.7 Å². The second-order valence-corrected chi connectivity index (χ2v) is 4.41. The molecule has 0 radical (unpaired) electrons. The molecule has 0 saturated carbocycles. The summed E-state index contributed by atoms with van der Waals surface area (Å²) in [6.07, 6.45) is 1.66. The summed E-state index contributed by atoms with van der Waals surface area (Å²) < 4.78 is 0. The molecule has 0 aliphatic carbocycles. The van der Waals surface area contributed by atoms with Crippen LogP contribution in [0.3, 0.4) is 0 Å². The Labute approximate surface area is 111 Å². The first-order valence-electron chi connectivity index (χ1n) is 6.00. The Morgan fingerprint density at radius 3 is 2.74 bits per heavy atom. The maximum Gasteiger partial charge on any atom is 0.247 e. The Kier molecular flexibility index (Phi) is 3.75. The smallest absolute Gasteiger partial charge is 0.247 e. The topological polar surface area (TPSA) is 70.6 Å². The number of hydrogen-bond acceptors (Lipinski definition) is 3. The number of hydrazone groups is 1. The van der Waals surface area contributed by atoms with E-state index in [9.17, 15) is 9.59 Å². The molecule has 1 atom stereocenters. The highest BCUT2D eigenvalue weighted by molar-refractivity contribution is 6.06. The van der Waals surface area contributed by atoms with Gasteiger partial charge >= 0.3 is 0 Å². The number of hydrogen-bond donors (Lipinski definition) is 2. The first kappa shape index (κ1) is 13.0. The van der Waals surface area contributed by atoms with Gasteiger partial charge in [0.2, 0.25) is 11.8 Å². The summed E-state index contributed by atoms with van der Waals surface area (Å²) in [5, 5.41) is 6.76. The molecule has 19 heavy (non-hydrogen) atoms. The van der Waals surface area contributed by atoms with Crippen LogP contribution in [0.15, 0.2) is 42.0 Å². The largest absolute Gasteiger partial charge is 0.323 e. The maximum atomic E-state index is 11.2. The van der Waals surface area contributed by atoms with Crippen molar-refractivity contribution in [1.82, 2.24) is 5.43 Å². The van der Waals surface area contributed by atoms with Crippen molar-refractivity contribution < 1.29 is 9.59 Å². The second kappa shape index (κ2) is 5.48. The standard InChI is InChI=1S/C14H15N3O2/c1-3-12(18)15-11-6-4-10(5-7-11)14-9(2)8-13(19)16-17-14/h3-7,9H,1,8H2,2H3,(H,15,18)(H,16,19). The van der Waals surface area contributed by atoms with E-state index in [-0.39, 0.29) is 17.7 Å². The number of amides is 2. The van der Waals surface area contributed by atoms with Gasteiger partial charge in [0.25, 0.3) is 0 Å². The van der Waals surface area contributed by atoms with Gasteiger partial charge in [0.1, 0.15) is 0 Å². The summed E-state index contributed by atoms with van der Waals surface area (Å²) in [4.78, 5) is 22.3. The molecule has 5 nitrogen and oxygen atoms in total. The van der Waals surface area contributed by atoms with Crippen LogP contribution in [0.1, 0.15) is 18.9 Å². The molecule has 1 aliphatic rings. The highest BCUT2D eigenvalue weighted by Gasteiger charge is 2.21. The minimum Gasteiger partial charge on any atom is -0.323 e. The molecule has 1 unspecified atom stereocenters. The SMILES string of the molecule is C=CC(=O)Nc1ccc(C2=NNC(=O)CC2C)cc1. The number of rotatable bonds is 3. The van der Waals surface area contributed by atoms with Gasteiger partial charge in [0, 0.05) is 18.0 Å². The van der Waals surface area contributed by atoms with Crippen LogP contribution in [0.2, 0.25) is 0 Å². The number of benzene rings is 1. The summed E-state index contributed by atoms with van der Waals surface area (Å²) in [5.41, 5.74) is 4.96. The highest BCUT2D eigenvalue weighted by atomic mass is 16.2. The monoisotopic (exact) mass is 257 g/mol. The van der Waals surface area contributed by atoms with Crippen molar-refractivity contribution in [2.24, 2.45) is 11.0 Å². The molecule has 2 amide bonds. The van der Waals surface area contributed by atoms with Gasteiger partial charge in [-0.3, -0.25) is 9.59 Å². The average Bonchev–Trinajstić information content (AvgIpc) is 2.40. The molecular formula is C14H15N3O2. The third kappa shape index (κ3) is 3.07. The summed E-state index contributed by atoms with van der Waals surface area (Å²) >= 11 is 0. The molecule has 0 aromatic heterocycles. The fourth-order valence-electron chi connectivity index (χ4n) is 1.92. The van der Waals surface area contributed by atoms with Crippen molar-refractivity contribution in [2.45, 2.75) is 13.3 Å². The molecule has 1 aromatic carbocycles. The molecule has 0 saturated heterocycles. The van der Waals surface area contributed by atoms with Crippen LogP contribution in [-0.2, 0) is 9.59 Å². The number of nitrogens with one attached hydrogen (secondary N) is 2. The van der Waals surface area contributed by atoms with Crippen molar-refractivity contribution in [2.75, 3.05) is 5.32 Å². The van der Waals surface area contributed by atoms with Gasteiger partial charge in [-0.1, -0.05) is 25.6 Å². The molecule has 2 rings (SSSR count). The van der Waals surface area contributed by atoms with E-state index >= 15 is 0 Å². The molecule has 0 bridgehead atoms. The van der Waals surface area contributed by atoms with E-state index in [1.54, 1.807) is 12.1 Å². The zero-order chi connectivity index (χ0) is 13.8. The van der Waals surface area contributed by atoms with E-state index in [0.717, 1.165) is 11.3 Å². The van der Waals surface area contributed by atoms with Crippen LogP contribution >= 0.6 is 0 Å². The number of anilines is 1. The first-order chi connectivity index (χ1) is 9.10. The Hall–Kier alpha value is -2.43. The Morgan fingerprint density at radius 1 is 1.47 bits per heavy atom. The molecule has 2 N–H and O–H groups in total. The third-order valence-corrected chi connectivity index (χ3v) is 2.89. The molecule has 1 heterocycles. The van der Waals surface area contributed by atoms with E-state index in [2.05, 4.69) is 22.4 Å². The second-order valence-electron chi connectivity index (χ2n) is 4.41. The summed E-state index contributed by atoms with van der Waals surface area (Å²) in [7, 11) is 0. The van der Waals surface area contributed by atoms with Gasteiger partial charge in [-0.25, -0.2) is 5.43 Å². The predicted octanol–water partition coefficient (Wildman–Crippen LogP) is 1.67. The van der Waals surface area contributed by atoms with Gasteiger partial charge in [0.15, 0.2) is 0 Å². The van der Waals surface area contributed by atoms with Crippen LogP contribution in [0.25, 0.3) is 0 Å². The molecular weight excluding hydrogens is 242 g/mol. The Bertz CT molecular complexity index is 546. The molecule has 1 aliphatic heterocycles. The van der Waals surface area contributed by atoms with Crippen LogP contribution in [0, 0.1) is 5.92 Å². The lowest BCUT2D eigenvalue weighted by Gasteiger charge is -2.19. The van der Waals surface area contributed by atoms with Gasteiger partial charge < -0.3 is 5.32 Å². The van der Waals surface area contributed by atoms with Crippen molar-refractivity contribution >= 4 is 23.2 Å². The fourth-order valence-corrected chi connectivity index (χ4v) is 1.92. The summed E-state index contributed by atoms with van der Waals surface area (Å²) in [5.74, 6) is -0.225. The van der Waals surface area contributed by atoms with Crippen LogP contribution in [-0.4, -0.2) is 17.5 Å². The summed E-state index contributed by atoms with van der Waals surface area (Å²) in [6.45, 7) is 5.36. The molecule has 5 heteroatoms. The summed E-state index contributed by atoms with van der Waals surface area (Å²) in [6, 6.07) is 7.32. The van der Waals surface area contributed by atoms with E-state index in [1.807, 2.05) is 19.1 Å². The Balaban J connectivity index is 2.16. The normalized spacial score (nSPS) is 18.3. The van der Waals surface area contributed by atoms with Crippen LogP contribution in [0.5, 0.6) is 0 Å². The highest BCUT2D eigenvalue weighted by Crippen LogP contribution is 2.18. The zero-order valence-corrected chi connectivity index (χ0v) is 10.6. The number of carbonyl (C=O) groups is 2. The van der Waals surface area contributed by atoms with Gasteiger partial charge in [-0.2, -0.15) is 5.10 Å². The molecule has 1 aromatic rings. The zero-order valence-electron chi connectivity index (χ0n) is 10.6. The van der Waals surface area contributed by atoms with Crippen molar-refractivity contribution in [3.8, 4) is 0 Å². The van der Waals surface area contributed by atoms with Gasteiger partial charge in [0.05, 0.1) is 5.71 Å². The number of carbonyl (C=O) groups excluding carboxylic acids is 2. The average molecular weight is 257 g/mol. The lowest BCUT2D eigenvalue weighted by atomic mass is 9.94. The predicted molar refractivity (Wildman–Crippen MR) is 73.7 cm³/mol. The Morgan fingerprint density at radius 2 is 2.16 bits per heavy atom. The quantitative estimate of drug-likeness (QED) is 0.809. The van der Waals surface area contributed by atoms with Gasteiger partial charge in [-0.05, 0) is 23.8 Å². The van der Waals surface area contributed by atoms with E-state index in [4.69, 9.17) is 0 Å². The fraction of sp³-hybridized carbons (Fsp3) is 0.214. The van der Waals surface area contributed by atoms with E-state index < -0.39 is 0 Å². The maximum absolute atomic E-state index is 11.2. The lowest BCUT2D eigenvalue weighted by molar-refractivity contribution is -0.121. The van der Waals surface area contributed by atoms with E-state index in [0.29, 0.717) is 12.1 Å².